The topological polar surface area (TPSA) is 75.6 Å². The number of methoxy groups -OCH3 is 1. The van der Waals surface area contributed by atoms with Crippen molar-refractivity contribution in [3.05, 3.63) is 23.8 Å². The van der Waals surface area contributed by atoms with E-state index in [2.05, 4.69) is 0 Å². The standard InChI is InChI=1S/C8H11NO4S/c1-6-5-7(13-2)3-4-8(6)14(11,12)9-10/h3-5,9-10H,1-2H3. The number of sulfonamides is 1. The Bertz CT molecular complexity index is 427. The lowest BCUT2D eigenvalue weighted by Gasteiger charge is -2.07. The van der Waals surface area contributed by atoms with E-state index in [1.54, 1.807) is 13.0 Å². The summed E-state index contributed by atoms with van der Waals surface area (Å²) in [5.74, 6) is 0.569. The van der Waals surface area contributed by atoms with Crippen molar-refractivity contribution in [3.63, 3.8) is 0 Å². The van der Waals surface area contributed by atoms with Gasteiger partial charge in [0.05, 0.1) is 12.0 Å². The SMILES string of the molecule is COc1ccc(S(=O)(=O)NO)c(C)c1. The highest BCUT2D eigenvalue weighted by Gasteiger charge is 2.15. The number of benzene rings is 1. The zero-order chi connectivity index (χ0) is 10.8. The fourth-order valence-electron chi connectivity index (χ4n) is 1.10. The summed E-state index contributed by atoms with van der Waals surface area (Å²) >= 11 is 0. The Balaban J connectivity index is 3.26. The van der Waals surface area contributed by atoms with Crippen molar-refractivity contribution in [2.24, 2.45) is 0 Å². The second-order valence-electron chi connectivity index (χ2n) is 2.73. The van der Waals surface area contributed by atoms with Gasteiger partial charge >= 0.3 is 0 Å². The fourth-order valence-corrected chi connectivity index (χ4v) is 1.93. The molecule has 5 nitrogen and oxygen atoms in total. The Kier molecular flexibility index (Phi) is 3.10. The molecule has 0 aliphatic carbocycles. The molecule has 0 amide bonds. The molecule has 0 radical (unpaired) electrons. The lowest BCUT2D eigenvalue weighted by Crippen LogP contribution is -2.20. The number of nitrogens with one attached hydrogen (secondary N) is 1. The van der Waals surface area contributed by atoms with Gasteiger partial charge in [-0.25, -0.2) is 8.42 Å². The third-order valence-electron chi connectivity index (χ3n) is 1.79. The van der Waals surface area contributed by atoms with Gasteiger partial charge in [-0.15, -0.1) is 0 Å². The summed E-state index contributed by atoms with van der Waals surface area (Å²) < 4.78 is 27.4. The van der Waals surface area contributed by atoms with Gasteiger partial charge in [-0.1, -0.05) is 4.89 Å². The number of rotatable bonds is 3. The number of ether oxygens (including phenoxy) is 1. The minimum atomic E-state index is -3.80. The van der Waals surface area contributed by atoms with E-state index in [4.69, 9.17) is 9.94 Å². The first kappa shape index (κ1) is 11.0. The molecule has 1 aromatic carbocycles. The summed E-state index contributed by atoms with van der Waals surface area (Å²) in [5, 5.41) is 8.43. The molecule has 0 fully saturated rings. The molecule has 0 saturated carbocycles. The van der Waals surface area contributed by atoms with Crippen LogP contribution in [-0.2, 0) is 10.0 Å². The zero-order valence-electron chi connectivity index (χ0n) is 7.81. The maximum Gasteiger partial charge on any atom is 0.262 e. The van der Waals surface area contributed by atoms with Crippen LogP contribution in [0.5, 0.6) is 5.75 Å². The molecule has 1 rings (SSSR count). The second-order valence-corrected chi connectivity index (χ2v) is 4.36. The summed E-state index contributed by atoms with van der Waals surface area (Å²) in [6.07, 6.45) is 0. The average Bonchev–Trinajstić information content (AvgIpc) is 2.17. The van der Waals surface area contributed by atoms with Crippen molar-refractivity contribution in [1.29, 1.82) is 0 Å². The number of hydrogen-bond acceptors (Lipinski definition) is 4. The first-order chi connectivity index (χ1) is 6.51. The van der Waals surface area contributed by atoms with Gasteiger partial charge in [0, 0.05) is 0 Å². The highest BCUT2D eigenvalue weighted by atomic mass is 32.2. The van der Waals surface area contributed by atoms with E-state index in [0.29, 0.717) is 11.3 Å². The Morgan fingerprint density at radius 2 is 2.07 bits per heavy atom. The molecular weight excluding hydrogens is 206 g/mol. The molecule has 0 bridgehead atoms. The van der Waals surface area contributed by atoms with Crippen molar-refractivity contribution >= 4 is 10.0 Å². The van der Waals surface area contributed by atoms with Gasteiger partial charge in [0.25, 0.3) is 10.0 Å². The molecule has 2 N–H and O–H groups in total. The number of aryl methyl sites for hydroxylation is 1. The molecule has 0 unspecified atom stereocenters. The van der Waals surface area contributed by atoms with Gasteiger partial charge in [-0.2, -0.15) is 0 Å². The highest BCUT2D eigenvalue weighted by molar-refractivity contribution is 7.89. The molecule has 0 saturated heterocycles. The van der Waals surface area contributed by atoms with Gasteiger partial charge in [-0.3, -0.25) is 0 Å². The lowest BCUT2D eigenvalue weighted by atomic mass is 10.2. The highest BCUT2D eigenvalue weighted by Crippen LogP contribution is 2.20. The second kappa shape index (κ2) is 3.95. The molecule has 6 heteroatoms. The van der Waals surface area contributed by atoms with Gasteiger partial charge < -0.3 is 9.94 Å². The van der Waals surface area contributed by atoms with E-state index in [9.17, 15) is 8.42 Å². The van der Waals surface area contributed by atoms with Crippen LogP contribution in [0.15, 0.2) is 23.1 Å². The summed E-state index contributed by atoms with van der Waals surface area (Å²) in [5.41, 5.74) is 0.505. The largest absolute Gasteiger partial charge is 0.497 e. The molecule has 0 heterocycles. The lowest BCUT2D eigenvalue weighted by molar-refractivity contribution is 0.242. The van der Waals surface area contributed by atoms with E-state index in [1.165, 1.54) is 24.1 Å². The summed E-state index contributed by atoms with van der Waals surface area (Å²) in [7, 11) is -2.31. The first-order valence-electron chi connectivity index (χ1n) is 3.82. The fraction of sp³-hybridized carbons (Fsp3) is 0.250. The van der Waals surface area contributed by atoms with Crippen LogP contribution in [0.25, 0.3) is 0 Å². The smallest absolute Gasteiger partial charge is 0.262 e. The van der Waals surface area contributed by atoms with Crippen molar-refractivity contribution in [2.75, 3.05) is 7.11 Å². The predicted octanol–water partition coefficient (Wildman–Crippen LogP) is 0.671. The molecule has 14 heavy (non-hydrogen) atoms. The molecule has 0 aromatic heterocycles. The van der Waals surface area contributed by atoms with E-state index < -0.39 is 10.0 Å². The van der Waals surface area contributed by atoms with Crippen molar-refractivity contribution in [1.82, 2.24) is 4.89 Å². The minimum Gasteiger partial charge on any atom is -0.497 e. The van der Waals surface area contributed by atoms with Crippen LogP contribution in [-0.4, -0.2) is 20.7 Å². The van der Waals surface area contributed by atoms with Gasteiger partial charge in [0.2, 0.25) is 0 Å². The van der Waals surface area contributed by atoms with Crippen molar-refractivity contribution < 1.29 is 18.4 Å². The third-order valence-corrected chi connectivity index (χ3v) is 3.07. The van der Waals surface area contributed by atoms with E-state index in [1.807, 2.05) is 0 Å². The van der Waals surface area contributed by atoms with Gasteiger partial charge in [-0.05, 0) is 30.7 Å². The predicted molar refractivity (Wildman–Crippen MR) is 49.8 cm³/mol. The van der Waals surface area contributed by atoms with Crippen LogP contribution in [0.2, 0.25) is 0 Å². The molecule has 0 aliphatic rings. The van der Waals surface area contributed by atoms with Gasteiger partial charge in [0.15, 0.2) is 0 Å². The van der Waals surface area contributed by atoms with E-state index in [0.717, 1.165) is 0 Å². The monoisotopic (exact) mass is 217 g/mol. The summed E-state index contributed by atoms with van der Waals surface area (Å²) in [6, 6.07) is 4.45. The molecule has 0 spiro atoms. The Morgan fingerprint density at radius 1 is 1.43 bits per heavy atom. The van der Waals surface area contributed by atoms with Crippen LogP contribution in [0.3, 0.4) is 0 Å². The van der Waals surface area contributed by atoms with Crippen molar-refractivity contribution in [3.8, 4) is 5.75 Å². The molecule has 78 valence electrons. The summed E-state index contributed by atoms with van der Waals surface area (Å²) in [6.45, 7) is 1.62. The first-order valence-corrected chi connectivity index (χ1v) is 5.30. The molecule has 0 atom stereocenters. The summed E-state index contributed by atoms with van der Waals surface area (Å²) in [4.78, 5) is 1.30. The Labute approximate surface area is 82.3 Å². The van der Waals surface area contributed by atoms with E-state index in [-0.39, 0.29) is 4.90 Å². The normalized spacial score (nSPS) is 11.4. The van der Waals surface area contributed by atoms with Crippen molar-refractivity contribution in [2.45, 2.75) is 11.8 Å². The molecular formula is C8H11NO4S. The Morgan fingerprint density at radius 3 is 2.50 bits per heavy atom. The molecule has 1 aromatic rings. The Hall–Kier alpha value is -1.11. The third kappa shape index (κ3) is 2.03. The average molecular weight is 217 g/mol. The maximum absolute atomic E-state index is 11.2. The van der Waals surface area contributed by atoms with Crippen LogP contribution in [0, 0.1) is 6.92 Å². The quantitative estimate of drug-likeness (QED) is 0.730. The van der Waals surface area contributed by atoms with E-state index >= 15 is 0 Å². The van der Waals surface area contributed by atoms with Gasteiger partial charge in [0.1, 0.15) is 5.75 Å². The zero-order valence-corrected chi connectivity index (χ0v) is 8.63. The number of hydrogen-bond donors (Lipinski definition) is 2. The van der Waals surface area contributed by atoms with Crippen LogP contribution in [0.1, 0.15) is 5.56 Å². The maximum atomic E-state index is 11.2. The minimum absolute atomic E-state index is 0.0285. The van der Waals surface area contributed by atoms with Crippen LogP contribution >= 0.6 is 0 Å². The van der Waals surface area contributed by atoms with Crippen LogP contribution in [0.4, 0.5) is 0 Å². The molecule has 0 aliphatic heterocycles. The van der Waals surface area contributed by atoms with Crippen LogP contribution < -0.4 is 9.62 Å².